The number of fused-ring (bicyclic) bond motifs is 1. The van der Waals surface area contributed by atoms with Crippen molar-refractivity contribution >= 4 is 34.4 Å². The Morgan fingerprint density at radius 1 is 1.11 bits per heavy atom. The molecule has 5 nitrogen and oxygen atoms in total. The van der Waals surface area contributed by atoms with Gasteiger partial charge in [0, 0.05) is 22.3 Å². The third-order valence-corrected chi connectivity index (χ3v) is 4.34. The Morgan fingerprint density at radius 2 is 1.82 bits per heavy atom. The van der Waals surface area contributed by atoms with E-state index in [0.29, 0.717) is 17.1 Å². The molecule has 6 heteroatoms. The predicted molar refractivity (Wildman–Crippen MR) is 111 cm³/mol. The van der Waals surface area contributed by atoms with Crippen LogP contribution in [0.2, 0.25) is 5.02 Å². The SMILES string of the molecule is CC(C)(C)OC(=O)C(Cc1ccccc1)NC(=O)c1cc2cc(Cl)ccc2[nH]1. The van der Waals surface area contributed by atoms with Crippen LogP contribution in [0.25, 0.3) is 10.9 Å². The molecule has 0 saturated carbocycles. The summed E-state index contributed by atoms with van der Waals surface area (Å²) < 4.78 is 5.50. The van der Waals surface area contributed by atoms with Gasteiger partial charge in [0.05, 0.1) is 0 Å². The monoisotopic (exact) mass is 398 g/mol. The molecule has 3 rings (SSSR count). The normalized spacial score (nSPS) is 12.6. The number of hydrogen-bond acceptors (Lipinski definition) is 3. The number of benzene rings is 2. The van der Waals surface area contributed by atoms with Crippen molar-refractivity contribution in [2.75, 3.05) is 0 Å². The summed E-state index contributed by atoms with van der Waals surface area (Å²) in [6.07, 6.45) is 0.341. The van der Waals surface area contributed by atoms with Crippen LogP contribution in [0.4, 0.5) is 0 Å². The first-order chi connectivity index (χ1) is 13.2. The molecule has 1 atom stereocenters. The van der Waals surface area contributed by atoms with Gasteiger partial charge in [-0.25, -0.2) is 4.79 Å². The number of amides is 1. The minimum Gasteiger partial charge on any atom is -0.458 e. The lowest BCUT2D eigenvalue weighted by Crippen LogP contribution is -2.45. The van der Waals surface area contributed by atoms with E-state index >= 15 is 0 Å². The number of nitrogens with one attached hydrogen (secondary N) is 2. The third kappa shape index (κ3) is 5.14. The summed E-state index contributed by atoms with van der Waals surface area (Å²) in [5.74, 6) is -0.844. The van der Waals surface area contributed by atoms with Gasteiger partial charge in [-0.2, -0.15) is 0 Å². The van der Waals surface area contributed by atoms with E-state index in [9.17, 15) is 9.59 Å². The number of esters is 1. The molecule has 0 spiro atoms. The molecule has 0 aliphatic heterocycles. The molecule has 2 N–H and O–H groups in total. The number of aromatic nitrogens is 1. The number of rotatable bonds is 5. The number of carbonyl (C=O) groups excluding carboxylic acids is 2. The maximum absolute atomic E-state index is 12.8. The van der Waals surface area contributed by atoms with Crippen LogP contribution >= 0.6 is 11.6 Å². The molecule has 146 valence electrons. The highest BCUT2D eigenvalue weighted by Gasteiger charge is 2.27. The standard InChI is InChI=1S/C22H23ClN2O3/c1-22(2,3)28-21(27)19(11-14-7-5-4-6-8-14)25-20(26)18-13-15-12-16(23)9-10-17(15)24-18/h4-10,12-13,19,24H,11H2,1-3H3,(H,25,26). The third-order valence-electron chi connectivity index (χ3n) is 4.11. The quantitative estimate of drug-likeness (QED) is 0.621. The van der Waals surface area contributed by atoms with E-state index in [0.717, 1.165) is 16.5 Å². The Balaban J connectivity index is 1.82. The van der Waals surface area contributed by atoms with Crippen molar-refractivity contribution in [3.8, 4) is 0 Å². The van der Waals surface area contributed by atoms with Gasteiger partial charge in [0.25, 0.3) is 5.91 Å². The zero-order valence-corrected chi connectivity index (χ0v) is 16.8. The van der Waals surface area contributed by atoms with E-state index in [1.165, 1.54) is 0 Å². The van der Waals surface area contributed by atoms with Crippen molar-refractivity contribution in [1.82, 2.24) is 10.3 Å². The molecule has 28 heavy (non-hydrogen) atoms. The van der Waals surface area contributed by atoms with E-state index in [-0.39, 0.29) is 5.91 Å². The lowest BCUT2D eigenvalue weighted by atomic mass is 10.1. The summed E-state index contributed by atoms with van der Waals surface area (Å²) in [4.78, 5) is 28.5. The largest absolute Gasteiger partial charge is 0.458 e. The highest BCUT2D eigenvalue weighted by atomic mass is 35.5. The van der Waals surface area contributed by atoms with Crippen LogP contribution in [0, 0.1) is 0 Å². The van der Waals surface area contributed by atoms with Gasteiger partial charge in [0.1, 0.15) is 17.3 Å². The van der Waals surface area contributed by atoms with Crippen molar-refractivity contribution in [3.05, 3.63) is 70.9 Å². The van der Waals surface area contributed by atoms with Crippen LogP contribution in [-0.4, -0.2) is 28.5 Å². The molecule has 0 fully saturated rings. The molecule has 3 aromatic rings. The molecule has 0 radical (unpaired) electrons. The Morgan fingerprint density at radius 3 is 2.50 bits per heavy atom. The highest BCUT2D eigenvalue weighted by Crippen LogP contribution is 2.20. The van der Waals surface area contributed by atoms with Gasteiger partial charge >= 0.3 is 5.97 Å². The van der Waals surface area contributed by atoms with Crippen molar-refractivity contribution in [2.45, 2.75) is 38.8 Å². The summed E-state index contributed by atoms with van der Waals surface area (Å²) in [5, 5.41) is 4.22. The van der Waals surface area contributed by atoms with Gasteiger partial charge in [-0.05, 0) is 50.6 Å². The smallest absolute Gasteiger partial charge is 0.329 e. The second kappa shape index (κ2) is 8.07. The zero-order chi connectivity index (χ0) is 20.3. The highest BCUT2D eigenvalue weighted by molar-refractivity contribution is 6.31. The number of ether oxygens (including phenoxy) is 1. The van der Waals surface area contributed by atoms with E-state index in [2.05, 4.69) is 10.3 Å². The van der Waals surface area contributed by atoms with Gasteiger partial charge in [0.15, 0.2) is 0 Å². The molecule has 1 amide bonds. The van der Waals surface area contributed by atoms with Crippen LogP contribution in [-0.2, 0) is 16.0 Å². The van der Waals surface area contributed by atoms with E-state index in [1.807, 2.05) is 36.4 Å². The van der Waals surface area contributed by atoms with Gasteiger partial charge in [-0.15, -0.1) is 0 Å². The Kier molecular flexibility index (Phi) is 5.75. The van der Waals surface area contributed by atoms with Crippen molar-refractivity contribution in [2.24, 2.45) is 0 Å². The predicted octanol–water partition coefficient (Wildman–Crippen LogP) is 4.50. The van der Waals surface area contributed by atoms with Gasteiger partial charge in [-0.1, -0.05) is 41.9 Å². The number of carbonyl (C=O) groups is 2. The lowest BCUT2D eigenvalue weighted by Gasteiger charge is -2.24. The molecule has 0 bridgehead atoms. The first-order valence-corrected chi connectivity index (χ1v) is 9.45. The van der Waals surface area contributed by atoms with Crippen molar-refractivity contribution in [3.63, 3.8) is 0 Å². The molecule has 2 aromatic carbocycles. The minimum atomic E-state index is -0.802. The number of H-pyrrole nitrogens is 1. The molecule has 1 aromatic heterocycles. The van der Waals surface area contributed by atoms with Crippen LogP contribution in [0.5, 0.6) is 0 Å². The summed E-state index contributed by atoms with van der Waals surface area (Å²) in [6.45, 7) is 5.40. The molecule has 0 saturated heterocycles. The zero-order valence-electron chi connectivity index (χ0n) is 16.1. The van der Waals surface area contributed by atoms with Crippen molar-refractivity contribution < 1.29 is 14.3 Å². The van der Waals surface area contributed by atoms with E-state index in [4.69, 9.17) is 16.3 Å². The van der Waals surface area contributed by atoms with E-state index in [1.54, 1.807) is 39.0 Å². The minimum absolute atomic E-state index is 0.341. The first-order valence-electron chi connectivity index (χ1n) is 9.07. The fourth-order valence-electron chi connectivity index (χ4n) is 2.88. The van der Waals surface area contributed by atoms with Crippen LogP contribution < -0.4 is 5.32 Å². The number of hydrogen-bond donors (Lipinski definition) is 2. The number of halogens is 1. The van der Waals surface area contributed by atoms with Crippen LogP contribution in [0.3, 0.4) is 0 Å². The molecular weight excluding hydrogens is 376 g/mol. The van der Waals surface area contributed by atoms with E-state index < -0.39 is 17.6 Å². The average Bonchev–Trinajstić information content (AvgIpc) is 3.04. The topological polar surface area (TPSA) is 71.2 Å². The molecule has 1 unspecified atom stereocenters. The summed E-state index contributed by atoms with van der Waals surface area (Å²) in [5.41, 5.74) is 1.45. The second-order valence-corrected chi connectivity index (χ2v) is 8.10. The molecule has 1 heterocycles. The Bertz CT molecular complexity index is 990. The van der Waals surface area contributed by atoms with Gasteiger partial charge in [0.2, 0.25) is 0 Å². The maximum Gasteiger partial charge on any atom is 0.329 e. The summed E-state index contributed by atoms with van der Waals surface area (Å²) in [6, 6.07) is 15.8. The molecule has 0 aliphatic carbocycles. The van der Waals surface area contributed by atoms with Crippen LogP contribution in [0.1, 0.15) is 36.8 Å². The average molecular weight is 399 g/mol. The summed E-state index contributed by atoms with van der Waals surface area (Å²) in [7, 11) is 0. The Labute approximate surface area is 169 Å². The first kappa shape index (κ1) is 20.0. The molecule has 0 aliphatic rings. The van der Waals surface area contributed by atoms with Gasteiger partial charge < -0.3 is 15.0 Å². The lowest BCUT2D eigenvalue weighted by molar-refractivity contribution is -0.157. The fourth-order valence-corrected chi connectivity index (χ4v) is 3.06. The number of aromatic amines is 1. The van der Waals surface area contributed by atoms with Crippen molar-refractivity contribution in [1.29, 1.82) is 0 Å². The van der Waals surface area contributed by atoms with Crippen LogP contribution in [0.15, 0.2) is 54.6 Å². The fraction of sp³-hybridized carbons (Fsp3) is 0.273. The summed E-state index contributed by atoms with van der Waals surface area (Å²) >= 11 is 6.01. The molecular formula is C22H23ClN2O3. The second-order valence-electron chi connectivity index (χ2n) is 7.66. The maximum atomic E-state index is 12.8. The Hall–Kier alpha value is -2.79. The van der Waals surface area contributed by atoms with Gasteiger partial charge in [-0.3, -0.25) is 4.79 Å².